The summed E-state index contributed by atoms with van der Waals surface area (Å²) in [5.74, 6) is -2.01. The quantitative estimate of drug-likeness (QED) is 0.554. The predicted octanol–water partition coefficient (Wildman–Crippen LogP) is 5.67. The molecule has 2 nitrogen and oxygen atoms in total. The van der Waals surface area contributed by atoms with Gasteiger partial charge in [-0.1, -0.05) is 58.9 Å². The van der Waals surface area contributed by atoms with E-state index in [4.69, 9.17) is 4.43 Å². The third kappa shape index (κ3) is 4.04. The van der Waals surface area contributed by atoms with Crippen LogP contribution in [0.1, 0.15) is 0 Å². The monoisotopic (exact) mass is 402 g/mol. The van der Waals surface area contributed by atoms with Crippen molar-refractivity contribution in [1.29, 1.82) is 0 Å². The Morgan fingerprint density at radius 3 is 1.13 bits per heavy atom. The molecule has 138 valence electrons. The van der Waals surface area contributed by atoms with Crippen molar-refractivity contribution in [3.05, 3.63) is 0 Å². The van der Waals surface area contributed by atoms with Crippen LogP contribution in [0.5, 0.6) is 0 Å². The lowest BCUT2D eigenvalue weighted by molar-refractivity contribution is -0.190. The molecule has 0 rings (SSSR count). The number of carbonyl (C=O) groups excluding carboxylic acids is 1. The lowest BCUT2D eigenvalue weighted by Gasteiger charge is -2.64. The molecule has 0 spiro atoms. The van der Waals surface area contributed by atoms with E-state index in [1.165, 1.54) is 0 Å². The molecule has 0 aliphatic heterocycles. The summed E-state index contributed by atoms with van der Waals surface area (Å²) in [6.45, 7) is 23.8. The van der Waals surface area contributed by atoms with Crippen LogP contribution in [0.2, 0.25) is 75.9 Å². The second-order valence-electron chi connectivity index (χ2n) is 9.90. The van der Waals surface area contributed by atoms with Gasteiger partial charge in [-0.25, -0.2) is 4.79 Å². The summed E-state index contributed by atoms with van der Waals surface area (Å²) in [6.07, 6.45) is -4.92. The van der Waals surface area contributed by atoms with Gasteiger partial charge in [-0.3, -0.25) is 0 Å². The second-order valence-corrected chi connectivity index (χ2v) is 32.6. The van der Waals surface area contributed by atoms with E-state index in [-0.39, 0.29) is 3.91 Å². The highest BCUT2D eigenvalue weighted by Gasteiger charge is 2.70. The number of hydrogen-bond donors (Lipinski definition) is 0. The first-order chi connectivity index (χ1) is 9.63. The molecule has 23 heavy (non-hydrogen) atoms. The van der Waals surface area contributed by atoms with Gasteiger partial charge in [0.25, 0.3) is 0 Å². The first kappa shape index (κ1) is 23.1. The number of alkyl halides is 3. The third-order valence-electron chi connectivity index (χ3n) is 4.86. The van der Waals surface area contributed by atoms with Crippen molar-refractivity contribution in [3.8, 4) is 0 Å². The predicted molar refractivity (Wildman–Crippen MR) is 102 cm³/mol. The summed E-state index contributed by atoms with van der Waals surface area (Å²) in [6, 6.07) is 0. The zero-order chi connectivity index (χ0) is 19.3. The van der Waals surface area contributed by atoms with Gasteiger partial charge in [0.05, 0.1) is 0 Å². The highest BCUT2D eigenvalue weighted by molar-refractivity contribution is 7.28. The van der Waals surface area contributed by atoms with Crippen LogP contribution in [0.15, 0.2) is 0 Å². The summed E-state index contributed by atoms with van der Waals surface area (Å²) < 4.78 is 43.7. The SMILES string of the molecule is C[Si](C)(C)C([Si](C)(C)C)([Si](C)(C)C)[Si](C)(C)OC(=O)C(F)(F)F. The molecule has 9 heteroatoms. The van der Waals surface area contributed by atoms with Gasteiger partial charge in [-0.05, 0) is 17.0 Å². The summed E-state index contributed by atoms with van der Waals surface area (Å²) in [4.78, 5) is 11.6. The van der Waals surface area contributed by atoms with Gasteiger partial charge in [0.1, 0.15) is 0 Å². The van der Waals surface area contributed by atoms with Crippen LogP contribution in [0.4, 0.5) is 13.2 Å². The van der Waals surface area contributed by atoms with E-state index in [9.17, 15) is 18.0 Å². The van der Waals surface area contributed by atoms with Crippen LogP contribution in [-0.4, -0.2) is 44.7 Å². The van der Waals surface area contributed by atoms with Crippen molar-refractivity contribution < 1.29 is 22.4 Å². The molecule has 0 heterocycles. The van der Waals surface area contributed by atoms with Crippen LogP contribution in [0.3, 0.4) is 0 Å². The van der Waals surface area contributed by atoms with Crippen molar-refractivity contribution in [2.45, 2.75) is 82.1 Å². The molecular weight excluding hydrogens is 369 g/mol. The molecule has 0 aliphatic carbocycles. The average Bonchev–Trinajstić information content (AvgIpc) is 2.05. The Morgan fingerprint density at radius 1 is 0.696 bits per heavy atom. The van der Waals surface area contributed by atoms with Crippen LogP contribution >= 0.6 is 0 Å². The molecule has 0 aromatic heterocycles. The summed E-state index contributed by atoms with van der Waals surface area (Å²) in [7, 11) is -8.73. The minimum atomic E-state index is -4.92. The zero-order valence-electron chi connectivity index (χ0n) is 16.5. The molecule has 0 amide bonds. The molecule has 0 saturated heterocycles. The van der Waals surface area contributed by atoms with E-state index >= 15 is 0 Å². The first-order valence-corrected chi connectivity index (χ1v) is 21.3. The smallest absolute Gasteiger partial charge is 0.489 e. The van der Waals surface area contributed by atoms with E-state index < -0.39 is 44.7 Å². The minimum Gasteiger partial charge on any atom is -0.513 e. The Bertz CT molecular complexity index is 419. The molecule has 0 radical (unpaired) electrons. The fourth-order valence-electron chi connectivity index (χ4n) is 6.45. The van der Waals surface area contributed by atoms with E-state index in [1.54, 1.807) is 0 Å². The number of hydrogen-bond acceptors (Lipinski definition) is 2. The van der Waals surface area contributed by atoms with E-state index in [0.29, 0.717) is 0 Å². The van der Waals surface area contributed by atoms with Crippen molar-refractivity contribution >= 4 is 38.5 Å². The van der Waals surface area contributed by atoms with Crippen molar-refractivity contribution in [1.82, 2.24) is 0 Å². The van der Waals surface area contributed by atoms with E-state index in [1.807, 2.05) is 13.1 Å². The van der Waals surface area contributed by atoms with Crippen LogP contribution < -0.4 is 0 Å². The Hall–Kier alpha value is 0.128. The molecule has 0 N–H and O–H groups in total. The molecular formula is C14H33F3O2Si4. The number of carbonyl (C=O) groups is 1. The fraction of sp³-hybridized carbons (Fsp3) is 0.929. The molecule has 0 unspecified atom stereocenters. The van der Waals surface area contributed by atoms with Crippen LogP contribution in [0, 0.1) is 0 Å². The normalized spacial score (nSPS) is 15.6. The third-order valence-corrected chi connectivity index (χ3v) is 39.8. The van der Waals surface area contributed by atoms with Crippen molar-refractivity contribution in [2.75, 3.05) is 0 Å². The molecule has 0 saturated carbocycles. The molecule has 0 aromatic carbocycles. The minimum absolute atomic E-state index is 0.180. The molecule has 0 aromatic rings. The van der Waals surface area contributed by atoms with Gasteiger partial charge in [-0.15, -0.1) is 0 Å². The largest absolute Gasteiger partial charge is 0.513 e. The van der Waals surface area contributed by atoms with E-state index in [2.05, 4.69) is 58.9 Å². The zero-order valence-corrected chi connectivity index (χ0v) is 20.5. The highest BCUT2D eigenvalue weighted by atomic mass is 28.5. The van der Waals surface area contributed by atoms with Gasteiger partial charge in [0.2, 0.25) is 8.32 Å². The van der Waals surface area contributed by atoms with Gasteiger partial charge < -0.3 is 4.43 Å². The first-order valence-electron chi connectivity index (χ1n) is 7.93. The lowest BCUT2D eigenvalue weighted by Crippen LogP contribution is -2.76. The molecule has 0 atom stereocenters. The summed E-state index contributed by atoms with van der Waals surface area (Å²) in [5, 5.41) is 0. The molecule has 0 bridgehead atoms. The maximum Gasteiger partial charge on any atom is 0.489 e. The number of rotatable bonds is 5. The van der Waals surface area contributed by atoms with E-state index in [0.717, 1.165) is 0 Å². The Kier molecular flexibility index (Phi) is 6.17. The topological polar surface area (TPSA) is 26.3 Å². The van der Waals surface area contributed by atoms with Crippen molar-refractivity contribution in [3.63, 3.8) is 0 Å². The summed E-state index contributed by atoms with van der Waals surface area (Å²) in [5.41, 5.74) is 0. The molecule has 0 aliphatic rings. The second kappa shape index (κ2) is 6.13. The van der Waals surface area contributed by atoms with Crippen molar-refractivity contribution in [2.24, 2.45) is 0 Å². The standard InChI is InChI=1S/C14H33F3O2Si4/c1-20(2,3)14(21(4,5)6,22(7,8)9)23(10,11)19-12(18)13(15,16)17/h1-11H3. The fourth-order valence-corrected chi connectivity index (χ4v) is 56.3. The Labute approximate surface area is 143 Å². The van der Waals surface area contributed by atoms with Gasteiger partial charge in [-0.2, -0.15) is 13.2 Å². The average molecular weight is 403 g/mol. The Morgan fingerprint density at radius 2 is 0.957 bits per heavy atom. The van der Waals surface area contributed by atoms with Crippen LogP contribution in [0.25, 0.3) is 0 Å². The maximum atomic E-state index is 12.8. The summed E-state index contributed by atoms with van der Waals surface area (Å²) >= 11 is 0. The Balaban J connectivity index is 6.54. The molecule has 0 fully saturated rings. The lowest BCUT2D eigenvalue weighted by atomic mass is 10.7. The van der Waals surface area contributed by atoms with Gasteiger partial charge in [0.15, 0.2) is 0 Å². The van der Waals surface area contributed by atoms with Gasteiger partial charge in [0, 0.05) is 24.2 Å². The van der Waals surface area contributed by atoms with Crippen LogP contribution in [-0.2, 0) is 9.22 Å². The number of halogens is 3. The van der Waals surface area contributed by atoms with Gasteiger partial charge >= 0.3 is 12.1 Å². The highest BCUT2D eigenvalue weighted by Crippen LogP contribution is 2.60. The maximum absolute atomic E-state index is 12.8.